The van der Waals surface area contributed by atoms with E-state index in [9.17, 15) is 4.79 Å². The number of anilines is 1. The normalized spacial score (nSPS) is 14.7. The number of fused-ring (bicyclic) bond motifs is 1. The molecule has 4 nitrogen and oxygen atoms in total. The van der Waals surface area contributed by atoms with E-state index in [1.165, 1.54) is 5.56 Å². The molecule has 0 bridgehead atoms. The van der Waals surface area contributed by atoms with E-state index in [0.717, 1.165) is 30.8 Å². The molecule has 1 unspecified atom stereocenters. The third kappa shape index (κ3) is 3.37. The predicted molar refractivity (Wildman–Crippen MR) is 94.8 cm³/mol. The summed E-state index contributed by atoms with van der Waals surface area (Å²) in [5.41, 5.74) is 2.25. The Hall–Kier alpha value is -2.49. The number of nitrogens with zero attached hydrogens (tertiary/aromatic N) is 1. The SMILES string of the molecule is CCC(Oc1cccc(OC)c1)C(=O)N1CCCc2ccccc21. The molecule has 4 heteroatoms. The van der Waals surface area contributed by atoms with E-state index in [4.69, 9.17) is 9.47 Å². The van der Waals surface area contributed by atoms with Crippen LogP contribution >= 0.6 is 0 Å². The van der Waals surface area contributed by atoms with Gasteiger partial charge in [-0.05, 0) is 43.0 Å². The molecule has 0 aliphatic carbocycles. The van der Waals surface area contributed by atoms with Crippen LogP contribution in [0.3, 0.4) is 0 Å². The van der Waals surface area contributed by atoms with Crippen molar-refractivity contribution >= 4 is 11.6 Å². The Morgan fingerprint density at radius 1 is 1.17 bits per heavy atom. The van der Waals surface area contributed by atoms with Crippen molar-refractivity contribution in [2.75, 3.05) is 18.6 Å². The Labute approximate surface area is 143 Å². The Morgan fingerprint density at radius 2 is 1.96 bits per heavy atom. The Kier molecular flexibility index (Phi) is 5.04. The van der Waals surface area contributed by atoms with Crippen LogP contribution < -0.4 is 14.4 Å². The molecular weight excluding hydrogens is 302 g/mol. The fourth-order valence-corrected chi connectivity index (χ4v) is 3.08. The number of ether oxygens (including phenoxy) is 2. The molecule has 126 valence electrons. The first-order chi connectivity index (χ1) is 11.7. The summed E-state index contributed by atoms with van der Waals surface area (Å²) in [6, 6.07) is 15.5. The Balaban J connectivity index is 1.80. The van der Waals surface area contributed by atoms with Gasteiger partial charge in [0.05, 0.1) is 7.11 Å². The van der Waals surface area contributed by atoms with Crippen LogP contribution in [-0.2, 0) is 11.2 Å². The summed E-state index contributed by atoms with van der Waals surface area (Å²) in [5.74, 6) is 1.39. The van der Waals surface area contributed by atoms with E-state index in [2.05, 4.69) is 6.07 Å². The minimum atomic E-state index is -0.497. The van der Waals surface area contributed by atoms with Crippen molar-refractivity contribution in [2.45, 2.75) is 32.3 Å². The number of rotatable bonds is 5. The molecule has 0 spiro atoms. The molecule has 1 heterocycles. The van der Waals surface area contributed by atoms with Gasteiger partial charge in [-0.25, -0.2) is 0 Å². The molecule has 0 radical (unpaired) electrons. The monoisotopic (exact) mass is 325 g/mol. The van der Waals surface area contributed by atoms with Crippen LogP contribution in [-0.4, -0.2) is 25.7 Å². The first kappa shape index (κ1) is 16.4. The lowest BCUT2D eigenvalue weighted by molar-refractivity contribution is -0.125. The van der Waals surface area contributed by atoms with Gasteiger partial charge in [0.15, 0.2) is 6.10 Å². The Bertz CT molecular complexity index is 714. The molecule has 0 saturated heterocycles. The summed E-state index contributed by atoms with van der Waals surface area (Å²) in [6.07, 6.45) is 2.13. The highest BCUT2D eigenvalue weighted by molar-refractivity contribution is 5.97. The van der Waals surface area contributed by atoms with Crippen molar-refractivity contribution in [1.29, 1.82) is 0 Å². The fourth-order valence-electron chi connectivity index (χ4n) is 3.08. The van der Waals surface area contributed by atoms with Gasteiger partial charge in [-0.2, -0.15) is 0 Å². The zero-order valence-corrected chi connectivity index (χ0v) is 14.2. The second-order valence-corrected chi connectivity index (χ2v) is 5.92. The predicted octanol–water partition coefficient (Wildman–Crippen LogP) is 3.83. The smallest absolute Gasteiger partial charge is 0.268 e. The number of para-hydroxylation sites is 1. The first-order valence-electron chi connectivity index (χ1n) is 8.43. The first-order valence-corrected chi connectivity index (χ1v) is 8.43. The van der Waals surface area contributed by atoms with E-state index in [-0.39, 0.29) is 5.91 Å². The van der Waals surface area contributed by atoms with E-state index in [1.807, 2.05) is 48.2 Å². The topological polar surface area (TPSA) is 38.8 Å². The lowest BCUT2D eigenvalue weighted by Gasteiger charge is -2.32. The lowest BCUT2D eigenvalue weighted by atomic mass is 10.0. The number of amides is 1. The summed E-state index contributed by atoms with van der Waals surface area (Å²) in [6.45, 7) is 2.71. The number of hydrogen-bond donors (Lipinski definition) is 0. The molecule has 0 saturated carbocycles. The quantitative estimate of drug-likeness (QED) is 0.838. The third-order valence-electron chi connectivity index (χ3n) is 4.34. The van der Waals surface area contributed by atoms with Gasteiger partial charge in [0, 0.05) is 18.3 Å². The summed E-state index contributed by atoms with van der Waals surface area (Å²) in [4.78, 5) is 14.9. The average Bonchev–Trinajstić information content (AvgIpc) is 2.65. The van der Waals surface area contributed by atoms with Crippen molar-refractivity contribution in [3.8, 4) is 11.5 Å². The van der Waals surface area contributed by atoms with Gasteiger partial charge < -0.3 is 14.4 Å². The van der Waals surface area contributed by atoms with Crippen molar-refractivity contribution in [3.05, 3.63) is 54.1 Å². The highest BCUT2D eigenvalue weighted by Gasteiger charge is 2.29. The molecule has 3 rings (SSSR count). The van der Waals surface area contributed by atoms with Gasteiger partial charge in [-0.15, -0.1) is 0 Å². The second-order valence-electron chi connectivity index (χ2n) is 5.92. The largest absolute Gasteiger partial charge is 0.497 e. The molecule has 2 aromatic rings. The van der Waals surface area contributed by atoms with Gasteiger partial charge in [0.25, 0.3) is 5.91 Å². The summed E-state index contributed by atoms with van der Waals surface area (Å²) in [7, 11) is 1.62. The zero-order valence-electron chi connectivity index (χ0n) is 14.2. The maximum atomic E-state index is 13.0. The summed E-state index contributed by atoms with van der Waals surface area (Å²) >= 11 is 0. The number of carbonyl (C=O) groups is 1. The number of carbonyl (C=O) groups excluding carboxylic acids is 1. The molecule has 0 aromatic heterocycles. The second kappa shape index (κ2) is 7.39. The van der Waals surface area contributed by atoms with Crippen molar-refractivity contribution in [1.82, 2.24) is 0 Å². The number of aryl methyl sites for hydroxylation is 1. The summed E-state index contributed by atoms with van der Waals surface area (Å²) < 4.78 is 11.2. The van der Waals surface area contributed by atoms with Crippen LogP contribution in [0.25, 0.3) is 0 Å². The van der Waals surface area contributed by atoms with Crippen LogP contribution in [0, 0.1) is 0 Å². The van der Waals surface area contributed by atoms with Crippen molar-refractivity contribution in [2.24, 2.45) is 0 Å². The molecule has 0 N–H and O–H groups in total. The lowest BCUT2D eigenvalue weighted by Crippen LogP contribution is -2.44. The van der Waals surface area contributed by atoms with E-state index in [1.54, 1.807) is 13.2 Å². The van der Waals surface area contributed by atoms with Gasteiger partial charge in [0.2, 0.25) is 0 Å². The van der Waals surface area contributed by atoms with Gasteiger partial charge in [-0.1, -0.05) is 31.2 Å². The average molecular weight is 325 g/mol. The highest BCUT2D eigenvalue weighted by Crippen LogP contribution is 2.28. The van der Waals surface area contributed by atoms with E-state index < -0.39 is 6.10 Å². The van der Waals surface area contributed by atoms with Gasteiger partial charge in [-0.3, -0.25) is 4.79 Å². The van der Waals surface area contributed by atoms with Gasteiger partial charge >= 0.3 is 0 Å². The molecule has 24 heavy (non-hydrogen) atoms. The molecule has 1 amide bonds. The third-order valence-corrected chi connectivity index (χ3v) is 4.34. The standard InChI is InChI=1S/C20H23NO3/c1-3-19(24-17-11-6-10-16(14-17)23-2)20(22)21-13-7-9-15-8-4-5-12-18(15)21/h4-6,8,10-12,14,19H,3,7,9,13H2,1-2H3. The number of hydrogen-bond acceptors (Lipinski definition) is 3. The molecule has 1 aliphatic rings. The van der Waals surface area contributed by atoms with Gasteiger partial charge in [0.1, 0.15) is 11.5 Å². The Morgan fingerprint density at radius 3 is 2.75 bits per heavy atom. The molecule has 0 fully saturated rings. The number of methoxy groups -OCH3 is 1. The zero-order chi connectivity index (χ0) is 16.9. The number of benzene rings is 2. The molecule has 2 aromatic carbocycles. The summed E-state index contributed by atoms with van der Waals surface area (Å²) in [5, 5.41) is 0. The fraction of sp³-hybridized carbons (Fsp3) is 0.350. The van der Waals surface area contributed by atoms with Crippen LogP contribution in [0.4, 0.5) is 5.69 Å². The minimum absolute atomic E-state index is 0.0208. The van der Waals surface area contributed by atoms with Crippen LogP contribution in [0.2, 0.25) is 0 Å². The maximum absolute atomic E-state index is 13.0. The van der Waals surface area contributed by atoms with Crippen LogP contribution in [0.1, 0.15) is 25.3 Å². The molecule has 1 atom stereocenters. The van der Waals surface area contributed by atoms with E-state index >= 15 is 0 Å². The van der Waals surface area contributed by atoms with Crippen LogP contribution in [0.15, 0.2) is 48.5 Å². The van der Waals surface area contributed by atoms with E-state index in [0.29, 0.717) is 12.2 Å². The highest BCUT2D eigenvalue weighted by atomic mass is 16.5. The van der Waals surface area contributed by atoms with Crippen molar-refractivity contribution in [3.63, 3.8) is 0 Å². The van der Waals surface area contributed by atoms with Crippen molar-refractivity contribution < 1.29 is 14.3 Å². The maximum Gasteiger partial charge on any atom is 0.268 e. The minimum Gasteiger partial charge on any atom is -0.497 e. The van der Waals surface area contributed by atoms with Crippen LogP contribution in [0.5, 0.6) is 11.5 Å². The molecular formula is C20H23NO3. The molecule has 1 aliphatic heterocycles.